The Hall–Kier alpha value is -2.44. The van der Waals surface area contributed by atoms with Crippen LogP contribution in [0.15, 0.2) is 53.9 Å². The number of likely N-dealkylation sites (N-methyl/N-ethyl adjacent to an activating group) is 1. The number of benzene rings is 1. The first-order valence-corrected chi connectivity index (χ1v) is 10.9. The van der Waals surface area contributed by atoms with E-state index in [-0.39, 0.29) is 23.8 Å². The third kappa shape index (κ3) is 6.02. The number of piperidine rings is 1. The van der Waals surface area contributed by atoms with Crippen LogP contribution in [-0.4, -0.2) is 55.3 Å². The average molecular weight is 412 g/mol. The fourth-order valence-corrected chi connectivity index (χ4v) is 4.48. The van der Waals surface area contributed by atoms with E-state index in [4.69, 9.17) is 0 Å². The highest BCUT2D eigenvalue weighted by molar-refractivity contribution is 7.10. The summed E-state index contributed by atoms with van der Waals surface area (Å²) >= 11 is 1.71. The van der Waals surface area contributed by atoms with E-state index in [1.807, 2.05) is 61.5 Å². The largest absolute Gasteiger partial charge is 0.354 e. The molecule has 1 saturated heterocycles. The summed E-state index contributed by atoms with van der Waals surface area (Å²) in [5.41, 5.74) is 1.01. The first-order chi connectivity index (χ1) is 14.0. The molecule has 2 aromatic rings. The van der Waals surface area contributed by atoms with Crippen LogP contribution in [0.5, 0.6) is 0 Å². The van der Waals surface area contributed by atoms with Crippen molar-refractivity contribution in [3.63, 3.8) is 0 Å². The van der Waals surface area contributed by atoms with Crippen LogP contribution in [0.25, 0.3) is 6.08 Å². The van der Waals surface area contributed by atoms with Crippen LogP contribution >= 0.6 is 11.3 Å². The predicted octanol–water partition coefficient (Wildman–Crippen LogP) is 3.42. The van der Waals surface area contributed by atoms with E-state index in [1.165, 1.54) is 4.88 Å². The maximum Gasteiger partial charge on any atom is 0.246 e. The van der Waals surface area contributed by atoms with E-state index in [0.717, 1.165) is 5.56 Å². The second-order valence-corrected chi connectivity index (χ2v) is 8.56. The van der Waals surface area contributed by atoms with Gasteiger partial charge in [-0.15, -0.1) is 11.3 Å². The number of carbonyl (C=O) groups is 2. The molecule has 5 nitrogen and oxygen atoms in total. The summed E-state index contributed by atoms with van der Waals surface area (Å²) in [4.78, 5) is 30.3. The van der Waals surface area contributed by atoms with Gasteiger partial charge < -0.3 is 15.1 Å². The Morgan fingerprint density at radius 2 is 1.90 bits per heavy atom. The van der Waals surface area contributed by atoms with Gasteiger partial charge in [-0.05, 0) is 50.0 Å². The maximum absolute atomic E-state index is 12.6. The number of hydrogen-bond acceptors (Lipinski definition) is 4. The molecule has 1 atom stereocenters. The number of likely N-dealkylation sites (tertiary alicyclic amines) is 1. The second kappa shape index (κ2) is 10.4. The first kappa shape index (κ1) is 21.3. The summed E-state index contributed by atoms with van der Waals surface area (Å²) in [5, 5.41) is 5.18. The molecule has 154 valence electrons. The van der Waals surface area contributed by atoms with Gasteiger partial charge in [-0.25, -0.2) is 0 Å². The third-order valence-electron chi connectivity index (χ3n) is 5.36. The van der Waals surface area contributed by atoms with Crippen LogP contribution in [0.3, 0.4) is 0 Å². The van der Waals surface area contributed by atoms with Gasteiger partial charge in [0.15, 0.2) is 0 Å². The van der Waals surface area contributed by atoms with Crippen LogP contribution in [0.4, 0.5) is 0 Å². The summed E-state index contributed by atoms with van der Waals surface area (Å²) in [7, 11) is 4.06. The van der Waals surface area contributed by atoms with Gasteiger partial charge >= 0.3 is 0 Å². The van der Waals surface area contributed by atoms with Gasteiger partial charge in [-0.3, -0.25) is 9.59 Å². The molecular formula is C23H29N3O2S. The molecule has 0 bridgehead atoms. The molecule has 0 saturated carbocycles. The molecule has 1 aliphatic rings. The number of rotatable bonds is 7. The molecule has 1 fully saturated rings. The highest BCUT2D eigenvalue weighted by Crippen LogP contribution is 2.23. The van der Waals surface area contributed by atoms with Crippen molar-refractivity contribution in [2.45, 2.75) is 18.9 Å². The van der Waals surface area contributed by atoms with E-state index in [9.17, 15) is 9.59 Å². The number of thiophene rings is 1. The van der Waals surface area contributed by atoms with E-state index in [0.29, 0.717) is 32.5 Å². The van der Waals surface area contributed by atoms with Crippen LogP contribution in [0.2, 0.25) is 0 Å². The summed E-state index contributed by atoms with van der Waals surface area (Å²) in [6.45, 7) is 1.85. The monoisotopic (exact) mass is 411 g/mol. The van der Waals surface area contributed by atoms with Gasteiger partial charge in [0.1, 0.15) is 0 Å². The highest BCUT2D eigenvalue weighted by atomic mass is 32.1. The zero-order chi connectivity index (χ0) is 20.6. The smallest absolute Gasteiger partial charge is 0.246 e. The van der Waals surface area contributed by atoms with Gasteiger partial charge in [0.2, 0.25) is 11.8 Å². The molecule has 1 aromatic carbocycles. The summed E-state index contributed by atoms with van der Waals surface area (Å²) < 4.78 is 0. The molecule has 2 amide bonds. The maximum atomic E-state index is 12.6. The first-order valence-electron chi connectivity index (χ1n) is 10.0. The van der Waals surface area contributed by atoms with Crippen LogP contribution in [0, 0.1) is 5.92 Å². The van der Waals surface area contributed by atoms with Gasteiger partial charge in [0.05, 0.1) is 6.04 Å². The van der Waals surface area contributed by atoms with Crippen molar-refractivity contribution in [3.05, 3.63) is 64.4 Å². The molecule has 6 heteroatoms. The molecular weight excluding hydrogens is 382 g/mol. The molecule has 0 radical (unpaired) electrons. The Kier molecular flexibility index (Phi) is 7.61. The number of nitrogens with one attached hydrogen (secondary N) is 1. The summed E-state index contributed by atoms with van der Waals surface area (Å²) in [6, 6.07) is 14.1. The van der Waals surface area contributed by atoms with Gasteiger partial charge in [-0.1, -0.05) is 36.4 Å². The van der Waals surface area contributed by atoms with Crippen LogP contribution in [-0.2, 0) is 9.59 Å². The molecule has 2 heterocycles. The Bertz CT molecular complexity index is 810. The van der Waals surface area contributed by atoms with Crippen molar-refractivity contribution in [1.82, 2.24) is 15.1 Å². The summed E-state index contributed by atoms with van der Waals surface area (Å²) in [5.74, 6) is 0.0849. The van der Waals surface area contributed by atoms with Crippen molar-refractivity contribution >= 4 is 29.2 Å². The topological polar surface area (TPSA) is 52.7 Å². The predicted molar refractivity (Wildman–Crippen MR) is 119 cm³/mol. The number of nitrogens with zero attached hydrogens (tertiary/aromatic N) is 2. The van der Waals surface area contributed by atoms with Gasteiger partial charge in [0.25, 0.3) is 0 Å². The SMILES string of the molecule is CN(C)C(CNC(=O)C1CCN(C(=O)/C=C/c2ccccc2)CC1)c1cccs1. The standard InChI is InChI=1S/C23H29N3O2S/c1-25(2)20(21-9-6-16-29-21)17-24-23(28)19-12-14-26(15-13-19)22(27)11-10-18-7-4-3-5-8-18/h3-11,16,19-20H,12-15,17H2,1-2H3,(H,24,28)/b11-10+. The van der Waals surface area contributed by atoms with Crippen molar-refractivity contribution in [1.29, 1.82) is 0 Å². The van der Waals surface area contributed by atoms with Gasteiger partial charge in [-0.2, -0.15) is 0 Å². The lowest BCUT2D eigenvalue weighted by Gasteiger charge is -2.31. The molecule has 0 aliphatic carbocycles. The number of hydrogen-bond donors (Lipinski definition) is 1. The number of amides is 2. The van der Waals surface area contributed by atoms with E-state index in [1.54, 1.807) is 17.4 Å². The zero-order valence-corrected chi connectivity index (χ0v) is 17.9. The lowest BCUT2D eigenvalue weighted by molar-refractivity contribution is -0.132. The van der Waals surface area contributed by atoms with Crippen molar-refractivity contribution < 1.29 is 9.59 Å². The van der Waals surface area contributed by atoms with Crippen molar-refractivity contribution in [3.8, 4) is 0 Å². The minimum Gasteiger partial charge on any atom is -0.354 e. The van der Waals surface area contributed by atoms with Gasteiger partial charge in [0, 0.05) is 36.5 Å². The Labute approximate surface area is 177 Å². The Morgan fingerprint density at radius 3 is 2.52 bits per heavy atom. The van der Waals surface area contributed by atoms with Crippen molar-refractivity contribution in [2.24, 2.45) is 5.92 Å². The van der Waals surface area contributed by atoms with E-state index in [2.05, 4.69) is 21.7 Å². The quantitative estimate of drug-likeness (QED) is 0.711. The Balaban J connectivity index is 1.45. The molecule has 1 aromatic heterocycles. The minimum absolute atomic E-state index is 0.0121. The van der Waals surface area contributed by atoms with Crippen LogP contribution in [0.1, 0.15) is 29.3 Å². The Morgan fingerprint density at radius 1 is 1.17 bits per heavy atom. The lowest BCUT2D eigenvalue weighted by atomic mass is 9.95. The number of carbonyl (C=O) groups excluding carboxylic acids is 2. The molecule has 1 N–H and O–H groups in total. The normalized spacial score (nSPS) is 16.3. The fourth-order valence-electron chi connectivity index (χ4n) is 3.56. The third-order valence-corrected chi connectivity index (χ3v) is 6.33. The van der Waals surface area contributed by atoms with E-state index >= 15 is 0 Å². The fraction of sp³-hybridized carbons (Fsp3) is 0.391. The highest BCUT2D eigenvalue weighted by Gasteiger charge is 2.27. The molecule has 29 heavy (non-hydrogen) atoms. The molecule has 3 rings (SSSR count). The molecule has 1 aliphatic heterocycles. The minimum atomic E-state index is -0.0247. The van der Waals surface area contributed by atoms with Crippen molar-refractivity contribution in [2.75, 3.05) is 33.7 Å². The van der Waals surface area contributed by atoms with Crippen LogP contribution < -0.4 is 5.32 Å². The zero-order valence-electron chi connectivity index (χ0n) is 17.1. The average Bonchev–Trinajstić information content (AvgIpc) is 3.27. The lowest BCUT2D eigenvalue weighted by Crippen LogP contribution is -2.44. The molecule has 1 unspecified atom stereocenters. The molecule has 0 spiro atoms. The second-order valence-electron chi connectivity index (χ2n) is 7.58. The van der Waals surface area contributed by atoms with E-state index < -0.39 is 0 Å². The summed E-state index contributed by atoms with van der Waals surface area (Å²) in [6.07, 6.45) is 4.89.